The second-order valence-corrected chi connectivity index (χ2v) is 4.85. The van der Waals surface area contributed by atoms with E-state index in [0.717, 1.165) is 5.56 Å². The number of hydrogen-bond donors (Lipinski definition) is 4. The number of phenols is 1. The van der Waals surface area contributed by atoms with Crippen molar-refractivity contribution in [1.29, 1.82) is 0 Å². The van der Waals surface area contributed by atoms with Crippen molar-refractivity contribution in [3.63, 3.8) is 0 Å². The molecule has 0 spiro atoms. The van der Waals surface area contributed by atoms with Crippen LogP contribution in [0.5, 0.6) is 5.75 Å². The van der Waals surface area contributed by atoms with E-state index in [4.69, 9.17) is 5.73 Å². The first-order valence-electron chi connectivity index (χ1n) is 5.88. The van der Waals surface area contributed by atoms with Gasteiger partial charge in [-0.3, -0.25) is 4.79 Å². The monoisotopic (exact) mass is 251 g/mol. The number of aliphatic hydroxyl groups is 2. The number of phenolic OH excluding ortho intramolecular Hbond substituents is 1. The smallest absolute Gasteiger partial charge is 0.168 e. The molecule has 0 heterocycles. The zero-order chi connectivity index (χ0) is 13.3. The number of fused-ring (bicyclic) bond motifs is 1. The van der Waals surface area contributed by atoms with Crippen molar-refractivity contribution in [2.24, 2.45) is 11.7 Å². The van der Waals surface area contributed by atoms with Gasteiger partial charge in [-0.2, -0.15) is 0 Å². The largest absolute Gasteiger partial charge is 0.508 e. The second-order valence-electron chi connectivity index (χ2n) is 4.85. The van der Waals surface area contributed by atoms with Crippen molar-refractivity contribution in [3.8, 4) is 5.75 Å². The lowest BCUT2D eigenvalue weighted by molar-refractivity contribution is 0.0530. The number of ketones is 1. The summed E-state index contributed by atoms with van der Waals surface area (Å²) < 4.78 is 0. The molecule has 1 aliphatic rings. The molecule has 1 unspecified atom stereocenters. The van der Waals surface area contributed by atoms with Crippen LogP contribution in [-0.4, -0.2) is 39.9 Å². The van der Waals surface area contributed by atoms with E-state index in [1.54, 1.807) is 12.1 Å². The van der Waals surface area contributed by atoms with Crippen molar-refractivity contribution in [2.75, 3.05) is 13.2 Å². The minimum atomic E-state index is -1.29. The number of aryl methyl sites for hydroxylation is 1. The molecule has 0 saturated heterocycles. The fraction of sp³-hybridized carbons (Fsp3) is 0.462. The third kappa shape index (κ3) is 2.01. The lowest BCUT2D eigenvalue weighted by Crippen LogP contribution is -2.57. The number of hydrogen-bond acceptors (Lipinski definition) is 5. The van der Waals surface area contributed by atoms with Crippen LogP contribution in [-0.2, 0) is 6.42 Å². The molecule has 0 fully saturated rings. The molecule has 5 N–H and O–H groups in total. The average molecular weight is 251 g/mol. The third-order valence-electron chi connectivity index (χ3n) is 3.66. The van der Waals surface area contributed by atoms with Gasteiger partial charge in [0.1, 0.15) is 5.75 Å². The highest BCUT2D eigenvalue weighted by Gasteiger charge is 2.41. The molecule has 5 nitrogen and oxygen atoms in total. The van der Waals surface area contributed by atoms with Crippen LogP contribution < -0.4 is 5.73 Å². The first-order valence-corrected chi connectivity index (χ1v) is 5.88. The standard InChI is InChI=1S/C13H17NO4/c14-13(6-15,7-16)11-4-1-8-5-9(17)2-3-10(8)12(11)18/h2-3,5,11,15-17H,1,4,6-7,14H2. The zero-order valence-electron chi connectivity index (χ0n) is 9.97. The van der Waals surface area contributed by atoms with Crippen LogP contribution >= 0.6 is 0 Å². The van der Waals surface area contributed by atoms with Gasteiger partial charge in [0.25, 0.3) is 0 Å². The fourth-order valence-electron chi connectivity index (χ4n) is 2.46. The van der Waals surface area contributed by atoms with Crippen LogP contribution in [0.1, 0.15) is 22.3 Å². The van der Waals surface area contributed by atoms with E-state index in [0.29, 0.717) is 18.4 Å². The van der Waals surface area contributed by atoms with Gasteiger partial charge in [0.05, 0.1) is 18.8 Å². The first kappa shape index (κ1) is 13.0. The molecule has 0 saturated carbocycles. The molecule has 0 bridgehead atoms. The van der Waals surface area contributed by atoms with Gasteiger partial charge in [-0.15, -0.1) is 0 Å². The predicted molar refractivity (Wildman–Crippen MR) is 65.3 cm³/mol. The Labute approximate surface area is 105 Å². The Morgan fingerprint density at radius 3 is 2.61 bits per heavy atom. The molecule has 18 heavy (non-hydrogen) atoms. The van der Waals surface area contributed by atoms with Crippen molar-refractivity contribution < 1.29 is 20.1 Å². The summed E-state index contributed by atoms with van der Waals surface area (Å²) in [5.41, 5.74) is 5.89. The third-order valence-corrected chi connectivity index (χ3v) is 3.66. The lowest BCUT2D eigenvalue weighted by atomic mass is 9.72. The number of rotatable bonds is 3. The molecule has 98 valence electrons. The van der Waals surface area contributed by atoms with Crippen LogP contribution in [0.15, 0.2) is 18.2 Å². The molecule has 1 aromatic carbocycles. The fourth-order valence-corrected chi connectivity index (χ4v) is 2.46. The van der Waals surface area contributed by atoms with Crippen LogP contribution in [0.25, 0.3) is 0 Å². The number of Topliss-reactive ketones (excluding diaryl/α,β-unsaturated/α-hetero) is 1. The van der Waals surface area contributed by atoms with Crippen LogP contribution in [0.2, 0.25) is 0 Å². The summed E-state index contributed by atoms with van der Waals surface area (Å²) in [6.07, 6.45) is 1.06. The van der Waals surface area contributed by atoms with E-state index in [1.165, 1.54) is 6.07 Å². The van der Waals surface area contributed by atoms with Gasteiger partial charge in [0, 0.05) is 11.5 Å². The quantitative estimate of drug-likeness (QED) is 0.596. The van der Waals surface area contributed by atoms with Crippen molar-refractivity contribution >= 4 is 5.78 Å². The van der Waals surface area contributed by atoms with E-state index in [2.05, 4.69) is 0 Å². The highest BCUT2D eigenvalue weighted by molar-refractivity contribution is 6.01. The molecule has 0 amide bonds. The molecule has 0 radical (unpaired) electrons. The number of benzene rings is 1. The van der Waals surface area contributed by atoms with E-state index < -0.39 is 24.7 Å². The highest BCUT2D eigenvalue weighted by atomic mass is 16.3. The van der Waals surface area contributed by atoms with Crippen molar-refractivity contribution in [3.05, 3.63) is 29.3 Å². The molecule has 2 rings (SSSR count). The van der Waals surface area contributed by atoms with Crippen LogP contribution in [0.3, 0.4) is 0 Å². The lowest BCUT2D eigenvalue weighted by Gasteiger charge is -2.36. The number of carbonyl (C=O) groups is 1. The summed E-state index contributed by atoms with van der Waals surface area (Å²) in [5, 5.41) is 27.9. The Kier molecular flexibility index (Phi) is 3.38. The summed E-state index contributed by atoms with van der Waals surface area (Å²) in [4.78, 5) is 12.3. The molecule has 1 aliphatic carbocycles. The maximum Gasteiger partial charge on any atom is 0.168 e. The maximum absolute atomic E-state index is 12.3. The summed E-state index contributed by atoms with van der Waals surface area (Å²) in [6, 6.07) is 4.59. The SMILES string of the molecule is NC(CO)(CO)C1CCc2cc(O)ccc2C1=O. The van der Waals surface area contributed by atoms with Gasteiger partial charge in [-0.05, 0) is 36.6 Å². The zero-order valence-corrected chi connectivity index (χ0v) is 9.97. The Morgan fingerprint density at radius 2 is 2.00 bits per heavy atom. The van der Waals surface area contributed by atoms with Gasteiger partial charge < -0.3 is 21.1 Å². The highest BCUT2D eigenvalue weighted by Crippen LogP contribution is 2.32. The van der Waals surface area contributed by atoms with E-state index in [-0.39, 0.29) is 11.5 Å². The van der Waals surface area contributed by atoms with Gasteiger partial charge >= 0.3 is 0 Å². The minimum Gasteiger partial charge on any atom is -0.508 e. The van der Waals surface area contributed by atoms with Crippen molar-refractivity contribution in [2.45, 2.75) is 18.4 Å². The molecular formula is C13H17NO4. The Balaban J connectivity index is 2.37. The van der Waals surface area contributed by atoms with Gasteiger partial charge in [-0.25, -0.2) is 0 Å². The molecule has 1 aromatic rings. The molecular weight excluding hydrogens is 234 g/mol. The Hall–Kier alpha value is -1.43. The van der Waals surface area contributed by atoms with E-state index >= 15 is 0 Å². The van der Waals surface area contributed by atoms with Gasteiger partial charge in [-0.1, -0.05) is 0 Å². The molecule has 1 atom stereocenters. The first-order chi connectivity index (χ1) is 8.51. The summed E-state index contributed by atoms with van der Waals surface area (Å²) in [7, 11) is 0. The molecule has 5 heteroatoms. The Morgan fingerprint density at radius 1 is 1.33 bits per heavy atom. The number of carbonyl (C=O) groups excluding carboxylic acids is 1. The molecule has 0 aromatic heterocycles. The minimum absolute atomic E-state index is 0.128. The number of aliphatic hydroxyl groups excluding tert-OH is 2. The van der Waals surface area contributed by atoms with Crippen LogP contribution in [0.4, 0.5) is 0 Å². The van der Waals surface area contributed by atoms with E-state index in [1.807, 2.05) is 0 Å². The average Bonchev–Trinajstić information content (AvgIpc) is 2.38. The maximum atomic E-state index is 12.3. The van der Waals surface area contributed by atoms with Crippen LogP contribution in [0, 0.1) is 5.92 Å². The summed E-state index contributed by atoms with van der Waals surface area (Å²) in [6.45, 7) is -0.874. The van der Waals surface area contributed by atoms with Gasteiger partial charge in [0.15, 0.2) is 5.78 Å². The molecule has 0 aliphatic heterocycles. The van der Waals surface area contributed by atoms with E-state index in [9.17, 15) is 20.1 Å². The predicted octanol–water partition coefficient (Wildman–Crippen LogP) is -0.181. The number of nitrogens with two attached hydrogens (primary N) is 1. The Bertz CT molecular complexity index is 468. The topological polar surface area (TPSA) is 104 Å². The van der Waals surface area contributed by atoms with Crippen molar-refractivity contribution in [1.82, 2.24) is 0 Å². The van der Waals surface area contributed by atoms with Gasteiger partial charge in [0.2, 0.25) is 0 Å². The second kappa shape index (κ2) is 4.68. The normalized spacial score (nSPS) is 19.7. The summed E-state index contributed by atoms with van der Waals surface area (Å²) >= 11 is 0. The summed E-state index contributed by atoms with van der Waals surface area (Å²) in [5.74, 6) is -0.644. The number of aromatic hydroxyl groups is 1.